The maximum atomic E-state index is 13.2. The minimum absolute atomic E-state index is 0.136. The lowest BCUT2D eigenvalue weighted by molar-refractivity contribution is -0.135. The van der Waals surface area contributed by atoms with Crippen molar-refractivity contribution in [3.05, 3.63) is 96.3 Å². The molecule has 3 aromatic carbocycles. The lowest BCUT2D eigenvalue weighted by Crippen LogP contribution is -2.31. The molecule has 0 N–H and O–H groups in total. The summed E-state index contributed by atoms with van der Waals surface area (Å²) in [7, 11) is 1.63. The van der Waals surface area contributed by atoms with Crippen molar-refractivity contribution in [1.82, 2.24) is 25.2 Å². The third-order valence-electron chi connectivity index (χ3n) is 5.59. The van der Waals surface area contributed by atoms with Crippen LogP contribution in [0.15, 0.2) is 90.3 Å². The lowest BCUT2D eigenvalue weighted by Gasteiger charge is -2.22. The molecular formula is C25H22N6O3. The topological polar surface area (TPSA) is 94.7 Å². The summed E-state index contributed by atoms with van der Waals surface area (Å²) in [5, 5.41) is 17.3. The Bertz CT molecular complexity index is 1270. The van der Waals surface area contributed by atoms with Crippen LogP contribution in [0, 0.1) is 0 Å². The van der Waals surface area contributed by atoms with E-state index < -0.39 is 0 Å². The monoisotopic (exact) mass is 454 g/mol. The fourth-order valence-corrected chi connectivity index (χ4v) is 3.82. The number of hydrogen-bond acceptors (Lipinski definition) is 7. The van der Waals surface area contributed by atoms with Crippen LogP contribution >= 0.6 is 0 Å². The van der Waals surface area contributed by atoms with Crippen molar-refractivity contribution >= 4 is 11.6 Å². The van der Waals surface area contributed by atoms with Crippen molar-refractivity contribution in [2.45, 2.75) is 12.5 Å². The van der Waals surface area contributed by atoms with Gasteiger partial charge in [0, 0.05) is 6.42 Å². The van der Waals surface area contributed by atoms with Crippen molar-refractivity contribution in [2.24, 2.45) is 5.10 Å². The number of carbonyl (C=O) groups is 1. The van der Waals surface area contributed by atoms with Crippen LogP contribution in [-0.4, -0.2) is 50.6 Å². The van der Waals surface area contributed by atoms with E-state index in [2.05, 4.69) is 20.6 Å². The van der Waals surface area contributed by atoms with Crippen LogP contribution in [0.2, 0.25) is 0 Å². The molecule has 9 heteroatoms. The number of carbonyl (C=O) groups excluding carboxylic acids is 1. The van der Waals surface area contributed by atoms with Crippen molar-refractivity contribution < 1.29 is 14.3 Å². The van der Waals surface area contributed by atoms with Crippen molar-refractivity contribution in [3.8, 4) is 17.2 Å². The third kappa shape index (κ3) is 4.49. The van der Waals surface area contributed by atoms with E-state index in [9.17, 15) is 4.79 Å². The fraction of sp³-hybridized carbons (Fsp3) is 0.160. The number of aromatic nitrogens is 4. The van der Waals surface area contributed by atoms with Crippen LogP contribution in [-0.2, 0) is 4.79 Å². The highest BCUT2D eigenvalue weighted by atomic mass is 16.5. The summed E-state index contributed by atoms with van der Waals surface area (Å²) in [5.41, 5.74) is 3.63. The average Bonchev–Trinajstić information content (AvgIpc) is 3.59. The predicted molar refractivity (Wildman–Crippen MR) is 125 cm³/mol. The first-order valence-corrected chi connectivity index (χ1v) is 10.8. The molecule has 1 atom stereocenters. The van der Waals surface area contributed by atoms with E-state index in [0.29, 0.717) is 12.2 Å². The summed E-state index contributed by atoms with van der Waals surface area (Å²) in [5.74, 6) is 1.10. The van der Waals surface area contributed by atoms with Crippen molar-refractivity contribution in [1.29, 1.82) is 0 Å². The smallest absolute Gasteiger partial charge is 0.281 e. The standard InChI is InChI=1S/C25H22N6O3/c1-33-21-11-7-19(8-12-21)24-15-23(18-5-3-2-4-6-18)27-31(24)25(32)16-34-22-13-9-20(10-14-22)30-17-26-28-29-30/h2-14,17,24H,15-16H2,1H3/t24-/m0/s1. The second kappa shape index (κ2) is 9.53. The van der Waals surface area contributed by atoms with Gasteiger partial charge in [-0.3, -0.25) is 4.79 Å². The van der Waals surface area contributed by atoms with Crippen LogP contribution in [0.1, 0.15) is 23.6 Å². The van der Waals surface area contributed by atoms with Gasteiger partial charge in [-0.1, -0.05) is 42.5 Å². The SMILES string of the molecule is COc1ccc([C@@H]2CC(c3ccccc3)=NN2C(=O)COc2ccc(-n3cnnn3)cc2)cc1. The predicted octanol–water partition coefficient (Wildman–Crippen LogP) is 3.43. The van der Waals surface area contributed by atoms with Gasteiger partial charge in [-0.25, -0.2) is 9.69 Å². The zero-order chi connectivity index (χ0) is 23.3. The van der Waals surface area contributed by atoms with E-state index >= 15 is 0 Å². The van der Waals surface area contributed by atoms with Crippen LogP contribution in [0.4, 0.5) is 0 Å². The minimum atomic E-state index is -0.226. The highest BCUT2D eigenvalue weighted by molar-refractivity contribution is 6.03. The average molecular weight is 454 g/mol. The Morgan fingerprint density at radius 3 is 2.38 bits per heavy atom. The second-order valence-corrected chi connectivity index (χ2v) is 7.68. The van der Waals surface area contributed by atoms with E-state index in [1.807, 2.05) is 66.7 Å². The van der Waals surface area contributed by atoms with Crippen molar-refractivity contribution in [3.63, 3.8) is 0 Å². The highest BCUT2D eigenvalue weighted by Gasteiger charge is 2.33. The quantitative estimate of drug-likeness (QED) is 0.425. The Balaban J connectivity index is 1.33. The van der Waals surface area contributed by atoms with Crippen molar-refractivity contribution in [2.75, 3.05) is 13.7 Å². The Morgan fingerprint density at radius 2 is 1.71 bits per heavy atom. The molecule has 1 aromatic heterocycles. The largest absolute Gasteiger partial charge is 0.497 e. The molecule has 0 unspecified atom stereocenters. The molecule has 0 bridgehead atoms. The number of ether oxygens (including phenoxy) is 2. The molecule has 0 aliphatic carbocycles. The molecule has 170 valence electrons. The van der Waals surface area contributed by atoms with Crippen LogP contribution < -0.4 is 9.47 Å². The molecule has 1 aliphatic heterocycles. The molecule has 0 saturated carbocycles. The molecule has 0 fully saturated rings. The Labute approximate surface area is 196 Å². The first-order valence-electron chi connectivity index (χ1n) is 10.8. The third-order valence-corrected chi connectivity index (χ3v) is 5.59. The van der Waals surface area contributed by atoms with Crippen LogP contribution in [0.5, 0.6) is 11.5 Å². The molecule has 0 radical (unpaired) electrons. The first-order chi connectivity index (χ1) is 16.7. The van der Waals surface area contributed by atoms with Gasteiger partial charge in [0.2, 0.25) is 0 Å². The minimum Gasteiger partial charge on any atom is -0.497 e. The molecule has 4 aromatic rings. The maximum absolute atomic E-state index is 13.2. The van der Waals surface area contributed by atoms with Gasteiger partial charge in [0.05, 0.1) is 24.6 Å². The number of amides is 1. The van der Waals surface area contributed by atoms with E-state index in [1.165, 1.54) is 11.3 Å². The molecule has 0 spiro atoms. The van der Waals surface area contributed by atoms with Crippen LogP contribution in [0.25, 0.3) is 5.69 Å². The van der Waals surface area contributed by atoms with Gasteiger partial charge in [-0.05, 0) is 58.0 Å². The molecule has 2 heterocycles. The van der Waals surface area contributed by atoms with E-state index in [0.717, 1.165) is 28.3 Å². The number of nitrogens with zero attached hydrogens (tertiary/aromatic N) is 6. The Hall–Kier alpha value is -4.53. The van der Waals surface area contributed by atoms with Gasteiger partial charge in [0.15, 0.2) is 6.61 Å². The summed E-state index contributed by atoms with van der Waals surface area (Å²) in [6, 6.07) is 24.6. The van der Waals surface area contributed by atoms with E-state index in [-0.39, 0.29) is 18.6 Å². The number of rotatable bonds is 7. The van der Waals surface area contributed by atoms with Gasteiger partial charge >= 0.3 is 0 Å². The normalized spacial score (nSPS) is 15.1. The summed E-state index contributed by atoms with van der Waals surface area (Å²) >= 11 is 0. The molecule has 0 saturated heterocycles. The number of tetrazole rings is 1. The molecule has 5 rings (SSSR count). The highest BCUT2D eigenvalue weighted by Crippen LogP contribution is 2.33. The molecule has 9 nitrogen and oxygen atoms in total. The van der Waals surface area contributed by atoms with Crippen LogP contribution in [0.3, 0.4) is 0 Å². The Morgan fingerprint density at radius 1 is 0.971 bits per heavy atom. The molecule has 34 heavy (non-hydrogen) atoms. The summed E-state index contributed by atoms with van der Waals surface area (Å²) in [6.45, 7) is -0.136. The van der Waals surface area contributed by atoms with Gasteiger partial charge in [0.1, 0.15) is 17.8 Å². The number of methoxy groups -OCH3 is 1. The molecule has 1 aliphatic rings. The zero-order valence-corrected chi connectivity index (χ0v) is 18.5. The first kappa shape index (κ1) is 21.3. The lowest BCUT2D eigenvalue weighted by atomic mass is 9.98. The number of benzene rings is 3. The molecule has 1 amide bonds. The number of hydrazone groups is 1. The maximum Gasteiger partial charge on any atom is 0.281 e. The second-order valence-electron chi connectivity index (χ2n) is 7.68. The summed E-state index contributed by atoms with van der Waals surface area (Å²) in [6.07, 6.45) is 2.12. The van der Waals surface area contributed by atoms with Gasteiger partial charge < -0.3 is 9.47 Å². The summed E-state index contributed by atoms with van der Waals surface area (Å²) in [4.78, 5) is 13.2. The van der Waals surface area contributed by atoms with E-state index in [4.69, 9.17) is 9.47 Å². The molecular weight excluding hydrogens is 432 g/mol. The van der Waals surface area contributed by atoms with E-state index in [1.54, 1.807) is 23.9 Å². The Kier molecular flexibility index (Phi) is 5.98. The fourth-order valence-electron chi connectivity index (χ4n) is 3.82. The number of hydrogen-bond donors (Lipinski definition) is 0. The zero-order valence-electron chi connectivity index (χ0n) is 18.5. The van der Waals surface area contributed by atoms with Gasteiger partial charge in [-0.15, -0.1) is 5.10 Å². The van der Waals surface area contributed by atoms with Gasteiger partial charge in [-0.2, -0.15) is 5.10 Å². The van der Waals surface area contributed by atoms with Gasteiger partial charge in [0.25, 0.3) is 5.91 Å². The summed E-state index contributed by atoms with van der Waals surface area (Å²) < 4.78 is 12.6.